The summed E-state index contributed by atoms with van der Waals surface area (Å²) < 4.78 is 10.4. The molecule has 3 atom stereocenters. The van der Waals surface area contributed by atoms with Crippen molar-refractivity contribution < 1.29 is 14.3 Å². The van der Waals surface area contributed by atoms with Crippen molar-refractivity contribution in [2.45, 2.75) is 32.9 Å². The van der Waals surface area contributed by atoms with Gasteiger partial charge in [0.25, 0.3) is 0 Å². The summed E-state index contributed by atoms with van der Waals surface area (Å²) in [6, 6.07) is 0.0954. The van der Waals surface area contributed by atoms with Crippen molar-refractivity contribution >= 4 is 5.97 Å². The predicted octanol–water partition coefficient (Wildman–Crippen LogP) is 0.494. The summed E-state index contributed by atoms with van der Waals surface area (Å²) in [5.74, 6) is -0.310. The number of rotatable bonds is 6. The van der Waals surface area contributed by atoms with Crippen molar-refractivity contribution in [2.75, 3.05) is 39.9 Å². The molecule has 1 fully saturated rings. The molecule has 1 saturated heterocycles. The standard InChI is InChI=1S/C13H26N2O3/c1-5-15-6-7-18-12(9-15)8-14-11(3)10(2)13(16)17-4/h10-12,14H,5-9H2,1-4H3. The summed E-state index contributed by atoms with van der Waals surface area (Å²) in [7, 11) is 1.43. The Balaban J connectivity index is 2.29. The number of hydrogen-bond acceptors (Lipinski definition) is 5. The smallest absolute Gasteiger partial charge is 0.309 e. The van der Waals surface area contributed by atoms with E-state index in [2.05, 4.69) is 17.1 Å². The van der Waals surface area contributed by atoms with Gasteiger partial charge in [0.1, 0.15) is 0 Å². The summed E-state index contributed by atoms with van der Waals surface area (Å²) in [6.45, 7) is 10.7. The molecule has 3 unspecified atom stereocenters. The van der Waals surface area contributed by atoms with Crippen LogP contribution in [0.15, 0.2) is 0 Å². The number of nitrogens with zero attached hydrogens (tertiary/aromatic N) is 1. The summed E-state index contributed by atoms with van der Waals surface area (Å²) in [4.78, 5) is 13.8. The number of ether oxygens (including phenoxy) is 2. The van der Waals surface area contributed by atoms with Gasteiger partial charge in [0.2, 0.25) is 0 Å². The monoisotopic (exact) mass is 258 g/mol. The summed E-state index contributed by atoms with van der Waals surface area (Å²) in [5.41, 5.74) is 0. The van der Waals surface area contributed by atoms with E-state index in [9.17, 15) is 4.79 Å². The fourth-order valence-corrected chi connectivity index (χ4v) is 2.08. The van der Waals surface area contributed by atoms with Gasteiger partial charge >= 0.3 is 5.97 Å². The Bertz CT molecular complexity index is 261. The molecule has 0 spiro atoms. The molecular weight excluding hydrogens is 232 g/mol. The molecule has 106 valence electrons. The van der Waals surface area contributed by atoms with Crippen molar-refractivity contribution in [1.29, 1.82) is 0 Å². The van der Waals surface area contributed by atoms with Gasteiger partial charge < -0.3 is 14.8 Å². The minimum Gasteiger partial charge on any atom is -0.469 e. The number of hydrogen-bond donors (Lipinski definition) is 1. The molecule has 5 nitrogen and oxygen atoms in total. The van der Waals surface area contributed by atoms with Crippen molar-refractivity contribution in [1.82, 2.24) is 10.2 Å². The van der Waals surface area contributed by atoms with Gasteiger partial charge in [-0.25, -0.2) is 0 Å². The Morgan fingerprint density at radius 2 is 2.28 bits per heavy atom. The van der Waals surface area contributed by atoms with Crippen LogP contribution in [-0.4, -0.2) is 62.9 Å². The van der Waals surface area contributed by atoms with Crippen molar-refractivity contribution in [3.63, 3.8) is 0 Å². The van der Waals surface area contributed by atoms with Crippen molar-refractivity contribution in [3.05, 3.63) is 0 Å². The molecule has 0 radical (unpaired) electrons. The highest BCUT2D eigenvalue weighted by molar-refractivity contribution is 5.72. The molecule has 1 N–H and O–H groups in total. The maximum Gasteiger partial charge on any atom is 0.309 e. The van der Waals surface area contributed by atoms with E-state index < -0.39 is 0 Å². The van der Waals surface area contributed by atoms with Crippen LogP contribution in [-0.2, 0) is 14.3 Å². The van der Waals surface area contributed by atoms with Crippen LogP contribution in [0.5, 0.6) is 0 Å². The van der Waals surface area contributed by atoms with Crippen molar-refractivity contribution in [2.24, 2.45) is 5.92 Å². The van der Waals surface area contributed by atoms with Crippen LogP contribution in [0.1, 0.15) is 20.8 Å². The van der Waals surface area contributed by atoms with Crippen LogP contribution in [0.4, 0.5) is 0 Å². The van der Waals surface area contributed by atoms with Gasteiger partial charge in [-0.1, -0.05) is 13.8 Å². The number of carbonyl (C=O) groups excluding carboxylic acids is 1. The van der Waals surface area contributed by atoms with Gasteiger partial charge in [0.15, 0.2) is 0 Å². The first-order chi connectivity index (χ1) is 8.58. The second-order valence-electron chi connectivity index (χ2n) is 4.89. The van der Waals surface area contributed by atoms with E-state index in [1.54, 1.807) is 0 Å². The van der Waals surface area contributed by atoms with Crippen LogP contribution in [0.3, 0.4) is 0 Å². The molecule has 0 aromatic carbocycles. The van der Waals surface area contributed by atoms with Gasteiger partial charge in [-0.05, 0) is 13.5 Å². The maximum absolute atomic E-state index is 11.4. The number of nitrogens with one attached hydrogen (secondary N) is 1. The van der Waals surface area contributed by atoms with Gasteiger partial charge in [-0.3, -0.25) is 9.69 Å². The van der Waals surface area contributed by atoms with Crippen LogP contribution in [0.25, 0.3) is 0 Å². The summed E-state index contributed by atoms with van der Waals surface area (Å²) in [5, 5.41) is 3.36. The average molecular weight is 258 g/mol. The van der Waals surface area contributed by atoms with E-state index in [4.69, 9.17) is 9.47 Å². The molecular formula is C13H26N2O3. The molecule has 1 heterocycles. The van der Waals surface area contributed by atoms with E-state index in [1.807, 2.05) is 13.8 Å². The third kappa shape index (κ3) is 4.55. The van der Waals surface area contributed by atoms with E-state index in [0.717, 1.165) is 32.8 Å². The Kier molecular flexibility index (Phi) is 6.60. The molecule has 1 rings (SSSR count). The Hall–Kier alpha value is -0.650. The van der Waals surface area contributed by atoms with Crippen LogP contribution in [0.2, 0.25) is 0 Å². The first-order valence-corrected chi connectivity index (χ1v) is 6.73. The molecule has 1 aliphatic rings. The molecule has 18 heavy (non-hydrogen) atoms. The molecule has 0 bridgehead atoms. The quantitative estimate of drug-likeness (QED) is 0.703. The number of esters is 1. The molecule has 0 saturated carbocycles. The first kappa shape index (κ1) is 15.4. The Labute approximate surface area is 110 Å². The number of carbonyl (C=O) groups is 1. The van der Waals surface area contributed by atoms with E-state index >= 15 is 0 Å². The summed E-state index contributed by atoms with van der Waals surface area (Å²) >= 11 is 0. The van der Waals surface area contributed by atoms with Crippen LogP contribution < -0.4 is 5.32 Å². The molecule has 0 aliphatic carbocycles. The lowest BCUT2D eigenvalue weighted by molar-refractivity contribution is -0.145. The zero-order valence-electron chi connectivity index (χ0n) is 11.9. The fraction of sp³-hybridized carbons (Fsp3) is 0.923. The zero-order chi connectivity index (χ0) is 13.5. The average Bonchev–Trinajstić information content (AvgIpc) is 2.43. The van der Waals surface area contributed by atoms with E-state index in [1.165, 1.54) is 7.11 Å². The fourth-order valence-electron chi connectivity index (χ4n) is 2.08. The third-order valence-corrected chi connectivity index (χ3v) is 3.66. The predicted molar refractivity (Wildman–Crippen MR) is 70.5 cm³/mol. The van der Waals surface area contributed by atoms with Gasteiger partial charge in [-0.2, -0.15) is 0 Å². The second-order valence-corrected chi connectivity index (χ2v) is 4.89. The lowest BCUT2D eigenvalue weighted by Gasteiger charge is -2.33. The van der Waals surface area contributed by atoms with Crippen LogP contribution >= 0.6 is 0 Å². The molecule has 0 aromatic heterocycles. The van der Waals surface area contributed by atoms with Crippen LogP contribution in [0, 0.1) is 5.92 Å². The minimum atomic E-state index is -0.172. The van der Waals surface area contributed by atoms with Gasteiger partial charge in [0, 0.05) is 25.7 Å². The summed E-state index contributed by atoms with van der Waals surface area (Å²) in [6.07, 6.45) is 0.214. The maximum atomic E-state index is 11.4. The third-order valence-electron chi connectivity index (χ3n) is 3.66. The zero-order valence-corrected chi connectivity index (χ0v) is 11.9. The highest BCUT2D eigenvalue weighted by Crippen LogP contribution is 2.07. The molecule has 0 aromatic rings. The van der Waals surface area contributed by atoms with Gasteiger partial charge in [-0.15, -0.1) is 0 Å². The normalized spacial score (nSPS) is 24.6. The van der Waals surface area contributed by atoms with E-state index in [0.29, 0.717) is 0 Å². The lowest BCUT2D eigenvalue weighted by atomic mass is 10.0. The lowest BCUT2D eigenvalue weighted by Crippen LogP contribution is -2.49. The first-order valence-electron chi connectivity index (χ1n) is 6.73. The topological polar surface area (TPSA) is 50.8 Å². The number of morpholine rings is 1. The highest BCUT2D eigenvalue weighted by Gasteiger charge is 2.23. The number of likely N-dealkylation sites (N-methyl/N-ethyl adjacent to an activating group) is 1. The minimum absolute atomic E-state index is 0.0954. The molecule has 5 heteroatoms. The number of methoxy groups -OCH3 is 1. The largest absolute Gasteiger partial charge is 0.469 e. The van der Waals surface area contributed by atoms with E-state index in [-0.39, 0.29) is 24.0 Å². The SMILES string of the molecule is CCN1CCOC(CNC(C)C(C)C(=O)OC)C1. The Morgan fingerprint density at radius 1 is 1.56 bits per heavy atom. The molecule has 1 aliphatic heterocycles. The molecule has 0 amide bonds. The second kappa shape index (κ2) is 7.71. The highest BCUT2D eigenvalue weighted by atomic mass is 16.5. The van der Waals surface area contributed by atoms with Gasteiger partial charge in [0.05, 0.1) is 25.7 Å². The van der Waals surface area contributed by atoms with Crippen molar-refractivity contribution in [3.8, 4) is 0 Å². The Morgan fingerprint density at radius 3 is 2.89 bits per heavy atom.